The number of anilines is 3. The molecule has 0 saturated carbocycles. The van der Waals surface area contributed by atoms with Gasteiger partial charge >= 0.3 is 0 Å². The quantitative estimate of drug-likeness (QED) is 0.0869. The Kier molecular flexibility index (Phi) is 17.6. The van der Waals surface area contributed by atoms with E-state index in [2.05, 4.69) is 234 Å². The smallest absolute Gasteiger partial charge is 0.137 e. The van der Waals surface area contributed by atoms with Gasteiger partial charge in [-0.3, -0.25) is 19.9 Å². The summed E-state index contributed by atoms with van der Waals surface area (Å²) >= 11 is 0. The molecule has 0 aromatic carbocycles. The molecule has 12 heterocycles. The second-order valence-corrected chi connectivity index (χ2v) is 27.3. The van der Waals surface area contributed by atoms with Crippen molar-refractivity contribution in [2.45, 2.75) is 159 Å². The summed E-state index contributed by atoms with van der Waals surface area (Å²) in [5.74, 6) is 2.80. The van der Waals surface area contributed by atoms with Gasteiger partial charge in [-0.05, 0) is 109 Å². The molecule has 6 N–H and O–H groups in total. The first-order valence-corrected chi connectivity index (χ1v) is 27.9. The predicted octanol–water partition coefficient (Wildman–Crippen LogP) is 16.5. The summed E-state index contributed by atoms with van der Waals surface area (Å²) in [4.78, 5) is 35.4. The standard InChI is InChI=1S/C11H16N2.C11H14N2.C11H16N2.C11H14N2.C11H16N2.C11H14N2/c2*1-11(2,3)9-7-13-10-4-5-12-6-8(9)10;2*1-11(2,3)8-7-13-9-5-4-6-12-10(8)9;2*1-11(2,3)9-7-13-10-8(9)5-4-6-12-10/h4-6,9,13H,7H2,1-3H3;4-7,13H,1-3H3;4-6,8,13H,7H2,1-3H3;4-7,13H,1-3H3;4-6,9H,7H2,1-3H3,(H,12,13);4-7H,1-3H3,(H,12,13). The minimum Gasteiger partial charge on any atom is -0.384 e. The van der Waals surface area contributed by atoms with Crippen LogP contribution in [0.2, 0.25) is 0 Å². The molecule has 0 radical (unpaired) electrons. The van der Waals surface area contributed by atoms with Crippen LogP contribution in [-0.4, -0.2) is 64.5 Å². The lowest BCUT2D eigenvalue weighted by atomic mass is 9.78. The molecule has 0 aliphatic carbocycles. The van der Waals surface area contributed by atoms with E-state index in [1.807, 2.05) is 79.9 Å². The van der Waals surface area contributed by atoms with Crippen LogP contribution in [0.15, 0.2) is 129 Å². The highest BCUT2D eigenvalue weighted by Gasteiger charge is 2.35. The van der Waals surface area contributed by atoms with Crippen molar-refractivity contribution < 1.29 is 0 Å². The first kappa shape index (κ1) is 58.6. The predicted molar refractivity (Wildman–Crippen MR) is 329 cm³/mol. The van der Waals surface area contributed by atoms with Crippen LogP contribution < -0.4 is 16.0 Å². The summed E-state index contributed by atoms with van der Waals surface area (Å²) in [6.45, 7) is 43.4. The summed E-state index contributed by atoms with van der Waals surface area (Å²) in [6.07, 6.45) is 21.1. The summed E-state index contributed by atoms with van der Waals surface area (Å²) < 4.78 is 0. The Hall–Kier alpha value is -7.08. The second kappa shape index (κ2) is 23.5. The maximum absolute atomic E-state index is 4.44. The fourth-order valence-electron chi connectivity index (χ4n) is 10.4. The van der Waals surface area contributed by atoms with Crippen molar-refractivity contribution in [3.05, 3.63) is 162 Å². The molecule has 0 saturated heterocycles. The third-order valence-electron chi connectivity index (χ3n) is 15.0. The maximum Gasteiger partial charge on any atom is 0.137 e. The van der Waals surface area contributed by atoms with E-state index in [4.69, 9.17) is 0 Å². The van der Waals surface area contributed by atoms with Crippen LogP contribution in [0.25, 0.3) is 33.0 Å². The maximum atomic E-state index is 4.44. The van der Waals surface area contributed by atoms with Crippen molar-refractivity contribution in [3.8, 4) is 0 Å². The van der Waals surface area contributed by atoms with Gasteiger partial charge in [0.2, 0.25) is 0 Å². The van der Waals surface area contributed by atoms with Gasteiger partial charge in [-0.15, -0.1) is 0 Å². The number of nitrogens with zero attached hydrogens (tertiary/aromatic N) is 6. The van der Waals surface area contributed by atoms with Gasteiger partial charge in [-0.25, -0.2) is 9.97 Å². The summed E-state index contributed by atoms with van der Waals surface area (Å²) in [5.41, 5.74) is 16.2. The van der Waals surface area contributed by atoms with Crippen LogP contribution in [-0.2, 0) is 16.2 Å². The molecule has 12 rings (SSSR count). The highest BCUT2D eigenvalue weighted by Crippen LogP contribution is 2.44. The zero-order chi connectivity index (χ0) is 56.8. The van der Waals surface area contributed by atoms with Gasteiger partial charge in [0.15, 0.2) is 0 Å². The number of aromatic nitrogens is 9. The van der Waals surface area contributed by atoms with Crippen molar-refractivity contribution >= 4 is 50.2 Å². The van der Waals surface area contributed by atoms with Gasteiger partial charge in [0.1, 0.15) is 11.5 Å². The van der Waals surface area contributed by atoms with Crippen molar-refractivity contribution in [1.29, 1.82) is 0 Å². The molecule has 414 valence electrons. The number of nitrogens with one attached hydrogen (secondary N) is 6. The van der Waals surface area contributed by atoms with Crippen LogP contribution in [0.3, 0.4) is 0 Å². The number of pyridine rings is 6. The number of H-pyrrole nitrogens is 3. The molecule has 9 aromatic heterocycles. The minimum absolute atomic E-state index is 0.159. The van der Waals surface area contributed by atoms with E-state index in [-0.39, 0.29) is 16.2 Å². The Labute approximate surface area is 465 Å². The summed E-state index contributed by atoms with van der Waals surface area (Å²) in [5, 5.41) is 12.6. The van der Waals surface area contributed by atoms with Gasteiger partial charge < -0.3 is 30.9 Å². The normalized spacial score (nSPS) is 16.6. The lowest BCUT2D eigenvalue weighted by Crippen LogP contribution is -2.20. The largest absolute Gasteiger partial charge is 0.384 e. The molecule has 0 amide bonds. The average molecular weight is 1050 g/mol. The van der Waals surface area contributed by atoms with Crippen LogP contribution in [0.5, 0.6) is 0 Å². The zero-order valence-electron chi connectivity index (χ0n) is 50.2. The van der Waals surface area contributed by atoms with E-state index in [1.165, 1.54) is 61.2 Å². The Morgan fingerprint density at radius 1 is 0.397 bits per heavy atom. The molecule has 9 aromatic rings. The Bertz CT molecular complexity index is 3000. The van der Waals surface area contributed by atoms with E-state index in [0.717, 1.165) is 42.1 Å². The third kappa shape index (κ3) is 14.3. The van der Waals surface area contributed by atoms with E-state index in [1.54, 1.807) is 0 Å². The molecule has 3 atom stereocenters. The van der Waals surface area contributed by atoms with Gasteiger partial charge in [0.25, 0.3) is 0 Å². The Morgan fingerprint density at radius 3 is 1.60 bits per heavy atom. The van der Waals surface area contributed by atoms with Crippen molar-refractivity contribution in [2.75, 3.05) is 35.6 Å². The molecule has 3 aliphatic rings. The molecule has 3 aliphatic heterocycles. The fourth-order valence-corrected chi connectivity index (χ4v) is 10.4. The van der Waals surface area contributed by atoms with Gasteiger partial charge in [-0.1, -0.05) is 131 Å². The Balaban J connectivity index is 0.000000136. The fraction of sp³-hybridized carbons (Fsp3) is 0.455. The van der Waals surface area contributed by atoms with Gasteiger partial charge in [-0.2, -0.15) is 0 Å². The molecule has 12 nitrogen and oxygen atoms in total. The molecule has 3 unspecified atom stereocenters. The Morgan fingerprint density at radius 2 is 0.910 bits per heavy atom. The molecule has 12 heteroatoms. The van der Waals surface area contributed by atoms with E-state index in [0.29, 0.717) is 34.0 Å². The topological polar surface area (TPSA) is 161 Å². The molecular weight excluding hydrogens is 961 g/mol. The van der Waals surface area contributed by atoms with Crippen molar-refractivity contribution in [2.24, 2.45) is 16.2 Å². The highest BCUT2D eigenvalue weighted by atomic mass is 15.0. The number of fused-ring (bicyclic) bond motifs is 6. The lowest BCUT2D eigenvalue weighted by Gasteiger charge is -2.26. The number of hydrogen-bond acceptors (Lipinski definition) is 9. The molecule has 0 spiro atoms. The molecular formula is C66H90N12. The van der Waals surface area contributed by atoms with Gasteiger partial charge in [0.05, 0.1) is 22.4 Å². The van der Waals surface area contributed by atoms with E-state index < -0.39 is 0 Å². The SMILES string of the molecule is CC(C)(C)C1CNc2cccnc21.CC(C)(C)C1CNc2ccncc21.CC(C)(C)C1CNc2ncccc21.CC(C)(C)c1c[nH]c2cccnc12.CC(C)(C)c1c[nH]c2ccncc12.CC(C)(C)c1c[nH]c2ncccc12. The monoisotopic (exact) mass is 1050 g/mol. The van der Waals surface area contributed by atoms with Crippen LogP contribution >= 0.6 is 0 Å². The number of hydrogen-bond donors (Lipinski definition) is 6. The van der Waals surface area contributed by atoms with Gasteiger partial charge in [0, 0.05) is 133 Å². The summed E-state index contributed by atoms with van der Waals surface area (Å²) in [6, 6.07) is 20.4. The number of rotatable bonds is 0. The van der Waals surface area contributed by atoms with Crippen molar-refractivity contribution in [3.63, 3.8) is 0 Å². The van der Waals surface area contributed by atoms with Crippen molar-refractivity contribution in [1.82, 2.24) is 44.9 Å². The van der Waals surface area contributed by atoms with Crippen LogP contribution in [0, 0.1) is 16.2 Å². The molecule has 78 heavy (non-hydrogen) atoms. The zero-order valence-corrected chi connectivity index (χ0v) is 50.2. The molecule has 0 fully saturated rings. The van der Waals surface area contributed by atoms with E-state index in [9.17, 15) is 0 Å². The number of aromatic amines is 3. The third-order valence-corrected chi connectivity index (χ3v) is 15.0. The minimum atomic E-state index is 0.159. The lowest BCUT2D eigenvalue weighted by molar-refractivity contribution is 0.334. The second-order valence-electron chi connectivity index (χ2n) is 27.3. The average Bonchev–Trinajstić information content (AvgIpc) is 4.24. The van der Waals surface area contributed by atoms with Crippen LogP contribution in [0.4, 0.5) is 17.2 Å². The van der Waals surface area contributed by atoms with E-state index >= 15 is 0 Å². The summed E-state index contributed by atoms with van der Waals surface area (Å²) in [7, 11) is 0. The highest BCUT2D eigenvalue weighted by molar-refractivity contribution is 5.83. The van der Waals surface area contributed by atoms with Crippen LogP contribution in [0.1, 0.15) is 176 Å². The molecule has 0 bridgehead atoms. The first-order chi connectivity index (χ1) is 36.5. The first-order valence-electron chi connectivity index (χ1n) is 27.9.